The lowest BCUT2D eigenvalue weighted by Gasteiger charge is -2.43. The number of nitro groups is 1. The molecule has 0 bridgehead atoms. The summed E-state index contributed by atoms with van der Waals surface area (Å²) in [5.41, 5.74) is 5.96. The molecule has 1 aliphatic carbocycles. The number of rotatable bonds is 10. The van der Waals surface area contributed by atoms with E-state index in [0.717, 1.165) is 38.2 Å². The zero-order valence-electron chi connectivity index (χ0n) is 27.8. The molecule has 0 spiro atoms. The highest BCUT2D eigenvalue weighted by Gasteiger charge is 2.50. The van der Waals surface area contributed by atoms with Crippen LogP contribution >= 0.6 is 0 Å². The fourth-order valence-corrected chi connectivity index (χ4v) is 11.5. The van der Waals surface area contributed by atoms with Crippen molar-refractivity contribution < 1.29 is 18.9 Å². The topological polar surface area (TPSA) is 81.9 Å². The zero-order chi connectivity index (χ0) is 33.9. The van der Waals surface area contributed by atoms with Crippen LogP contribution in [-0.2, 0) is 22.3 Å². The summed E-state index contributed by atoms with van der Waals surface area (Å²) in [5.74, 6) is -0.0667. The van der Waals surface area contributed by atoms with Crippen molar-refractivity contribution in [3.05, 3.63) is 160 Å². The van der Waals surface area contributed by atoms with E-state index in [1.807, 2.05) is 60.7 Å². The number of fused-ring (bicyclic) bond motifs is 3. The van der Waals surface area contributed by atoms with Crippen LogP contribution < -0.4 is 10.4 Å². The van der Waals surface area contributed by atoms with Gasteiger partial charge in [-0.3, -0.25) is 10.1 Å². The van der Waals surface area contributed by atoms with Crippen molar-refractivity contribution in [2.24, 2.45) is 0 Å². The number of nitro benzene ring substituents is 1. The smallest absolute Gasteiger partial charge is 0.409 e. The van der Waals surface area contributed by atoms with E-state index >= 15 is 0 Å². The number of benzene rings is 5. The number of carbonyl (C=O) groups is 1. The number of amides is 1. The Hall–Kier alpha value is -5.05. The molecule has 0 radical (unpaired) electrons. The lowest BCUT2D eigenvalue weighted by atomic mass is 9.98. The second kappa shape index (κ2) is 13.6. The molecule has 6 rings (SSSR count). The monoisotopic (exact) mass is 656 g/mol. The van der Waals surface area contributed by atoms with E-state index in [9.17, 15) is 14.9 Å². The van der Waals surface area contributed by atoms with E-state index in [2.05, 4.69) is 69.3 Å². The van der Waals surface area contributed by atoms with Gasteiger partial charge in [0, 0.05) is 31.6 Å². The minimum Gasteiger partial charge on any atom is -0.448 e. The van der Waals surface area contributed by atoms with Gasteiger partial charge in [-0.1, -0.05) is 130 Å². The Labute approximate surface area is 283 Å². The lowest BCUT2D eigenvalue weighted by molar-refractivity contribution is -0.384. The Morgan fingerprint density at radius 1 is 0.771 bits per heavy atom. The molecule has 0 aromatic heterocycles. The molecular weight excluding hydrogens is 617 g/mol. The molecule has 0 N–H and O–H groups in total. The van der Waals surface area contributed by atoms with Crippen molar-refractivity contribution in [3.8, 4) is 11.1 Å². The van der Waals surface area contributed by atoms with Gasteiger partial charge in [0.15, 0.2) is 0 Å². The minimum absolute atomic E-state index is 0.0415. The molecule has 0 atom stereocenters. The van der Waals surface area contributed by atoms with Gasteiger partial charge in [0.1, 0.15) is 6.61 Å². The third kappa shape index (κ3) is 6.29. The quantitative estimate of drug-likeness (QED) is 0.0863. The standard InChI is InChI=1S/C40H40N2O5Si/c1-40(2,3)48(32-15-7-5-8-16-32,33-17-9-6-10-18-33)47-27-29-23-24-31(42(44)45)25-30(29)26-41(4)39(43)46-28-38-36-21-13-11-19-34(36)35-20-12-14-22-37(35)38/h5-25,38H,26-28H2,1-4H3. The third-order valence-electron chi connectivity index (χ3n) is 9.32. The van der Waals surface area contributed by atoms with Gasteiger partial charge in [-0.15, -0.1) is 0 Å². The van der Waals surface area contributed by atoms with Crippen LogP contribution in [0.15, 0.2) is 127 Å². The maximum atomic E-state index is 13.4. The summed E-state index contributed by atoms with van der Waals surface area (Å²) in [4.78, 5) is 26.3. The summed E-state index contributed by atoms with van der Waals surface area (Å²) in [5, 5.41) is 13.9. The maximum Gasteiger partial charge on any atom is 0.409 e. The summed E-state index contributed by atoms with van der Waals surface area (Å²) in [7, 11) is -1.22. The van der Waals surface area contributed by atoms with E-state index in [1.54, 1.807) is 13.1 Å². The predicted molar refractivity (Wildman–Crippen MR) is 192 cm³/mol. The Morgan fingerprint density at radius 3 is 1.81 bits per heavy atom. The molecule has 0 saturated carbocycles. The Kier molecular flexibility index (Phi) is 9.30. The highest BCUT2D eigenvalue weighted by atomic mass is 28.4. The first-order chi connectivity index (χ1) is 23.1. The molecular formula is C40H40N2O5Si. The second-order valence-corrected chi connectivity index (χ2v) is 17.6. The average Bonchev–Trinajstić information content (AvgIpc) is 3.41. The van der Waals surface area contributed by atoms with Gasteiger partial charge in [-0.25, -0.2) is 4.79 Å². The van der Waals surface area contributed by atoms with Crippen molar-refractivity contribution in [1.29, 1.82) is 0 Å². The van der Waals surface area contributed by atoms with Crippen LogP contribution in [0.5, 0.6) is 0 Å². The van der Waals surface area contributed by atoms with Crippen LogP contribution in [0.2, 0.25) is 5.04 Å². The Bertz CT molecular complexity index is 1840. The SMILES string of the molecule is CN(Cc1cc([N+](=O)[O-])ccc1CO[Si](c1ccccc1)(c1ccccc1)C(C)(C)C)C(=O)OCC1c2ccccc2-c2ccccc21. The Morgan fingerprint density at radius 2 is 1.29 bits per heavy atom. The van der Waals surface area contributed by atoms with Crippen LogP contribution in [-0.4, -0.2) is 37.9 Å². The largest absolute Gasteiger partial charge is 0.448 e. The molecule has 0 heterocycles. The molecule has 0 unspecified atom stereocenters. The molecule has 5 aromatic rings. The summed E-state index contributed by atoms with van der Waals surface area (Å²) in [6.07, 6.45) is -0.498. The van der Waals surface area contributed by atoms with Crippen LogP contribution in [0.4, 0.5) is 10.5 Å². The first-order valence-electron chi connectivity index (χ1n) is 16.2. The van der Waals surface area contributed by atoms with Gasteiger partial charge < -0.3 is 14.1 Å². The molecule has 0 saturated heterocycles. The van der Waals surface area contributed by atoms with Crippen molar-refractivity contribution in [3.63, 3.8) is 0 Å². The minimum atomic E-state index is -2.88. The van der Waals surface area contributed by atoms with Crippen LogP contribution in [0.3, 0.4) is 0 Å². The van der Waals surface area contributed by atoms with E-state index in [4.69, 9.17) is 9.16 Å². The summed E-state index contributed by atoms with van der Waals surface area (Å²) in [6, 6.07) is 41.9. The molecule has 8 heteroatoms. The van der Waals surface area contributed by atoms with Gasteiger partial charge in [0.05, 0.1) is 11.5 Å². The van der Waals surface area contributed by atoms with E-state index in [-0.39, 0.29) is 36.4 Å². The Balaban J connectivity index is 1.25. The van der Waals surface area contributed by atoms with E-state index in [1.165, 1.54) is 17.0 Å². The molecule has 5 aromatic carbocycles. The van der Waals surface area contributed by atoms with Crippen molar-refractivity contribution >= 4 is 30.5 Å². The molecule has 244 valence electrons. The van der Waals surface area contributed by atoms with E-state index < -0.39 is 19.3 Å². The highest BCUT2D eigenvalue weighted by molar-refractivity contribution is 6.99. The van der Waals surface area contributed by atoms with Gasteiger partial charge in [0.2, 0.25) is 0 Å². The van der Waals surface area contributed by atoms with Crippen LogP contribution in [0, 0.1) is 10.1 Å². The van der Waals surface area contributed by atoms with Crippen molar-refractivity contribution in [2.75, 3.05) is 13.7 Å². The molecule has 0 fully saturated rings. The number of hydrogen-bond donors (Lipinski definition) is 0. The second-order valence-electron chi connectivity index (χ2n) is 13.3. The first kappa shape index (κ1) is 32.9. The molecule has 48 heavy (non-hydrogen) atoms. The van der Waals surface area contributed by atoms with Gasteiger partial charge in [-0.2, -0.15) is 0 Å². The maximum absolute atomic E-state index is 13.4. The number of non-ortho nitro benzene ring substituents is 1. The van der Waals surface area contributed by atoms with Gasteiger partial charge in [0.25, 0.3) is 14.0 Å². The fraction of sp³-hybridized carbons (Fsp3) is 0.225. The van der Waals surface area contributed by atoms with Crippen LogP contribution in [0.25, 0.3) is 11.1 Å². The van der Waals surface area contributed by atoms with Crippen molar-refractivity contribution in [2.45, 2.75) is 44.9 Å². The average molecular weight is 657 g/mol. The highest BCUT2D eigenvalue weighted by Crippen LogP contribution is 2.44. The summed E-state index contributed by atoms with van der Waals surface area (Å²) in [6.45, 7) is 7.16. The van der Waals surface area contributed by atoms with Crippen molar-refractivity contribution in [1.82, 2.24) is 4.90 Å². The van der Waals surface area contributed by atoms with E-state index in [0.29, 0.717) is 5.56 Å². The molecule has 1 aliphatic rings. The molecule has 1 amide bonds. The predicted octanol–water partition coefficient (Wildman–Crippen LogP) is 8.05. The number of carbonyl (C=O) groups excluding carboxylic acids is 1. The number of hydrogen-bond acceptors (Lipinski definition) is 5. The lowest BCUT2D eigenvalue weighted by Crippen LogP contribution is -2.66. The third-order valence-corrected chi connectivity index (χ3v) is 14.3. The normalized spacial score (nSPS) is 12.7. The van der Waals surface area contributed by atoms with Gasteiger partial charge in [-0.05, 0) is 54.9 Å². The summed E-state index contributed by atoms with van der Waals surface area (Å²) < 4.78 is 13.0. The number of nitrogens with zero attached hydrogens (tertiary/aromatic N) is 2. The molecule has 7 nitrogen and oxygen atoms in total. The van der Waals surface area contributed by atoms with Gasteiger partial charge >= 0.3 is 6.09 Å². The summed E-state index contributed by atoms with van der Waals surface area (Å²) >= 11 is 0. The zero-order valence-corrected chi connectivity index (χ0v) is 28.8. The molecule has 0 aliphatic heterocycles. The first-order valence-corrected chi connectivity index (χ1v) is 18.1. The number of ether oxygens (including phenoxy) is 1. The fourth-order valence-electron chi connectivity index (χ4n) is 6.99. The van der Waals surface area contributed by atoms with Crippen LogP contribution in [0.1, 0.15) is 48.9 Å².